The Morgan fingerprint density at radius 3 is 2.18 bits per heavy atom. The van der Waals surface area contributed by atoms with Gasteiger partial charge in [0.25, 0.3) is 0 Å². The van der Waals surface area contributed by atoms with Crippen LogP contribution < -0.4 is 0 Å². The Hall–Kier alpha value is -1.89. The van der Waals surface area contributed by atoms with Gasteiger partial charge in [0.05, 0.1) is 4.91 Å². The molecule has 6 heteroatoms. The number of thiocyanates is 2. The molecule has 0 atom stereocenters. The van der Waals surface area contributed by atoms with Crippen LogP contribution in [-0.4, -0.2) is 11.1 Å². The summed E-state index contributed by atoms with van der Waals surface area (Å²) in [7, 11) is 0. The van der Waals surface area contributed by atoms with Gasteiger partial charge in [-0.15, -0.1) is 0 Å². The van der Waals surface area contributed by atoms with Crippen molar-refractivity contribution in [2.75, 3.05) is 0 Å². The molecule has 84 valence electrons. The smallest absolute Gasteiger partial charge is 0.344 e. The highest BCUT2D eigenvalue weighted by molar-refractivity contribution is 8.15. The minimum Gasteiger partial charge on any atom is -0.477 e. The number of nitriles is 2. The summed E-state index contributed by atoms with van der Waals surface area (Å²) in [6.45, 7) is 0. The first kappa shape index (κ1) is 13.2. The maximum Gasteiger partial charge on any atom is 0.344 e. The Bertz CT molecular complexity index is 527. The average molecular weight is 262 g/mol. The summed E-state index contributed by atoms with van der Waals surface area (Å²) in [6.07, 6.45) is 0. The minimum absolute atomic E-state index is 0.134. The summed E-state index contributed by atoms with van der Waals surface area (Å²) in [5.74, 6) is -1.21. The Kier molecular flexibility index (Phi) is 5.15. The molecule has 0 radical (unpaired) electrons. The van der Waals surface area contributed by atoms with Gasteiger partial charge in [-0.25, -0.2) is 4.79 Å². The van der Waals surface area contributed by atoms with Gasteiger partial charge in [0.1, 0.15) is 15.7 Å². The van der Waals surface area contributed by atoms with E-state index >= 15 is 0 Å². The quantitative estimate of drug-likeness (QED) is 0.663. The van der Waals surface area contributed by atoms with E-state index in [0.717, 1.165) is 11.8 Å². The molecule has 17 heavy (non-hydrogen) atoms. The Morgan fingerprint density at radius 1 is 1.12 bits per heavy atom. The molecule has 0 aliphatic carbocycles. The van der Waals surface area contributed by atoms with Crippen LogP contribution in [0.4, 0.5) is 0 Å². The molecule has 0 unspecified atom stereocenters. The van der Waals surface area contributed by atoms with Crippen LogP contribution in [0.25, 0.3) is 4.91 Å². The van der Waals surface area contributed by atoms with Crippen molar-refractivity contribution in [3.63, 3.8) is 0 Å². The van der Waals surface area contributed by atoms with E-state index in [0.29, 0.717) is 17.3 Å². The van der Waals surface area contributed by atoms with Crippen molar-refractivity contribution in [2.24, 2.45) is 0 Å². The molecule has 0 saturated heterocycles. The highest BCUT2D eigenvalue weighted by Gasteiger charge is 2.17. The molecule has 0 aliphatic rings. The first-order chi connectivity index (χ1) is 8.20. The minimum atomic E-state index is -1.21. The molecule has 1 aromatic rings. The van der Waals surface area contributed by atoms with Gasteiger partial charge < -0.3 is 5.11 Å². The Labute approximate surface area is 107 Å². The number of nitrogens with zero attached hydrogens (tertiary/aromatic N) is 2. The van der Waals surface area contributed by atoms with Crippen molar-refractivity contribution in [2.45, 2.75) is 0 Å². The maximum atomic E-state index is 11.0. The van der Waals surface area contributed by atoms with Crippen molar-refractivity contribution in [1.82, 2.24) is 0 Å². The summed E-state index contributed by atoms with van der Waals surface area (Å²) >= 11 is 1.28. The highest BCUT2D eigenvalue weighted by atomic mass is 32.2. The van der Waals surface area contributed by atoms with Gasteiger partial charge in [-0.3, -0.25) is 0 Å². The fourth-order valence-electron chi connectivity index (χ4n) is 1.10. The van der Waals surface area contributed by atoms with Crippen LogP contribution in [0.1, 0.15) is 5.56 Å². The molecular weight excluding hydrogens is 256 g/mol. The normalized spacial score (nSPS) is 10.9. The molecule has 0 saturated carbocycles. The second kappa shape index (κ2) is 6.64. The molecule has 0 heterocycles. The fraction of sp³-hybridized carbons (Fsp3) is 0. The van der Waals surface area contributed by atoms with Gasteiger partial charge in [-0.2, -0.15) is 10.5 Å². The summed E-state index contributed by atoms with van der Waals surface area (Å²) in [4.78, 5) is 11.2. The lowest BCUT2D eigenvalue weighted by molar-refractivity contribution is -0.131. The zero-order valence-electron chi connectivity index (χ0n) is 8.45. The van der Waals surface area contributed by atoms with Gasteiger partial charge in [0.15, 0.2) is 0 Å². The van der Waals surface area contributed by atoms with E-state index in [1.807, 2.05) is 5.40 Å². The summed E-state index contributed by atoms with van der Waals surface area (Å²) in [5, 5.41) is 29.8. The third-order valence-electron chi connectivity index (χ3n) is 1.73. The van der Waals surface area contributed by atoms with Crippen molar-refractivity contribution >= 4 is 34.4 Å². The largest absolute Gasteiger partial charge is 0.477 e. The molecule has 0 aliphatic heterocycles. The fourth-order valence-corrected chi connectivity index (χ4v) is 2.27. The molecule has 0 amide bonds. The van der Waals surface area contributed by atoms with E-state index in [2.05, 4.69) is 0 Å². The van der Waals surface area contributed by atoms with E-state index in [1.54, 1.807) is 35.7 Å². The molecule has 0 aromatic heterocycles. The third kappa shape index (κ3) is 3.56. The topological polar surface area (TPSA) is 84.9 Å². The van der Waals surface area contributed by atoms with Crippen molar-refractivity contribution in [1.29, 1.82) is 10.5 Å². The second-order valence-corrected chi connectivity index (χ2v) is 4.31. The van der Waals surface area contributed by atoms with E-state index in [9.17, 15) is 4.79 Å². The number of thioether (sulfide) groups is 2. The van der Waals surface area contributed by atoms with Crippen LogP contribution in [0.5, 0.6) is 0 Å². The van der Waals surface area contributed by atoms with Gasteiger partial charge >= 0.3 is 5.97 Å². The van der Waals surface area contributed by atoms with Gasteiger partial charge in [0, 0.05) is 0 Å². The van der Waals surface area contributed by atoms with Crippen LogP contribution in [0.3, 0.4) is 0 Å². The number of benzene rings is 1. The van der Waals surface area contributed by atoms with E-state index in [4.69, 9.17) is 15.6 Å². The molecule has 4 nitrogen and oxygen atoms in total. The molecule has 1 N–H and O–H groups in total. The van der Waals surface area contributed by atoms with Crippen LogP contribution in [-0.2, 0) is 4.79 Å². The van der Waals surface area contributed by atoms with Crippen molar-refractivity contribution in [3.8, 4) is 10.8 Å². The number of hydrogen-bond donors (Lipinski definition) is 1. The zero-order valence-corrected chi connectivity index (χ0v) is 10.1. The Morgan fingerprint density at radius 2 is 1.71 bits per heavy atom. The number of hydrogen-bond acceptors (Lipinski definition) is 5. The number of carboxylic acids is 1. The predicted octanol–water partition coefficient (Wildman–Crippen LogP) is 2.87. The predicted molar refractivity (Wildman–Crippen MR) is 67.4 cm³/mol. The monoisotopic (exact) mass is 262 g/mol. The number of carbonyl (C=O) groups is 1. The maximum absolute atomic E-state index is 11.0. The summed E-state index contributed by atoms with van der Waals surface area (Å²) in [6, 6.07) is 8.66. The number of carboxylic acid groups (broad SMARTS) is 1. The van der Waals surface area contributed by atoms with Gasteiger partial charge in [-0.05, 0) is 29.1 Å². The average Bonchev–Trinajstić information content (AvgIpc) is 2.34. The Balaban J connectivity index is 3.33. The molecule has 0 fully saturated rings. The molecule has 1 rings (SSSR count). The first-order valence-corrected chi connectivity index (χ1v) is 5.99. The standard InChI is InChI=1S/C11H6N2O2S2/c12-6-16-9(8-4-2-1-3-5-8)10(11(14)15)17-7-13/h1-5H,(H,14,15). The van der Waals surface area contributed by atoms with Crippen LogP contribution in [0.15, 0.2) is 35.2 Å². The molecule has 0 spiro atoms. The zero-order chi connectivity index (χ0) is 12.7. The third-order valence-corrected chi connectivity index (χ3v) is 3.27. The van der Waals surface area contributed by atoms with Crippen molar-refractivity contribution in [3.05, 3.63) is 40.8 Å². The lowest BCUT2D eigenvalue weighted by Crippen LogP contribution is -1.99. The van der Waals surface area contributed by atoms with Crippen molar-refractivity contribution < 1.29 is 9.90 Å². The number of rotatable bonds is 4. The summed E-state index contributed by atoms with van der Waals surface area (Å²) in [5.41, 5.74) is 0.610. The summed E-state index contributed by atoms with van der Waals surface area (Å²) < 4.78 is 0. The SMILES string of the molecule is N#CSC(C(=O)O)=C(SC#N)c1ccccc1. The van der Waals surface area contributed by atoms with Crippen LogP contribution in [0, 0.1) is 21.3 Å². The highest BCUT2D eigenvalue weighted by Crippen LogP contribution is 2.35. The molecule has 0 bridgehead atoms. The second-order valence-electron chi connectivity index (χ2n) is 2.72. The van der Waals surface area contributed by atoms with E-state index in [1.165, 1.54) is 0 Å². The molecular formula is C11H6N2O2S2. The first-order valence-electron chi connectivity index (χ1n) is 4.35. The van der Waals surface area contributed by atoms with E-state index < -0.39 is 5.97 Å². The lowest BCUT2D eigenvalue weighted by atomic mass is 10.2. The number of aliphatic carboxylic acids is 1. The lowest BCUT2D eigenvalue weighted by Gasteiger charge is -2.05. The van der Waals surface area contributed by atoms with Gasteiger partial charge in [-0.1, -0.05) is 30.3 Å². The molecule has 1 aromatic carbocycles. The van der Waals surface area contributed by atoms with E-state index in [-0.39, 0.29) is 9.81 Å². The van der Waals surface area contributed by atoms with Gasteiger partial charge in [0.2, 0.25) is 0 Å². The van der Waals surface area contributed by atoms with Crippen LogP contribution in [0.2, 0.25) is 0 Å². The van der Waals surface area contributed by atoms with Crippen LogP contribution >= 0.6 is 23.5 Å².